The summed E-state index contributed by atoms with van der Waals surface area (Å²) in [6, 6.07) is 0. The molecule has 1 aliphatic rings. The second-order valence-corrected chi connectivity index (χ2v) is 8.74. The minimum atomic E-state index is -0.385. The topological polar surface area (TPSA) is 35.5 Å². The van der Waals surface area contributed by atoms with Crippen molar-refractivity contribution in [3.8, 4) is 0 Å². The van der Waals surface area contributed by atoms with Crippen LogP contribution in [-0.4, -0.2) is 23.8 Å². The van der Waals surface area contributed by atoms with Crippen LogP contribution in [0.5, 0.6) is 0 Å². The number of carbonyl (C=O) groups is 1. The highest BCUT2D eigenvalue weighted by Gasteiger charge is 2.20. The molecule has 0 bridgehead atoms. The maximum atomic E-state index is 11.9. The number of esters is 1. The molecule has 0 amide bonds. The van der Waals surface area contributed by atoms with Gasteiger partial charge in [0, 0.05) is 6.42 Å². The molecule has 2 unspecified atom stereocenters. The first-order chi connectivity index (χ1) is 11.3. The van der Waals surface area contributed by atoms with Gasteiger partial charge in [-0.2, -0.15) is 0 Å². The standard InChI is InChI=1S/C21H40O3/c1-17(16-20(22)24-21(3,4)5)14-15-18(2)23-19-12-10-8-6-7-9-11-13-19/h17-19H,6-16H2,1-5H3. The molecule has 24 heavy (non-hydrogen) atoms. The summed E-state index contributed by atoms with van der Waals surface area (Å²) in [5.41, 5.74) is -0.385. The third-order valence-corrected chi connectivity index (χ3v) is 4.73. The molecule has 3 nitrogen and oxygen atoms in total. The number of carbonyl (C=O) groups excluding carboxylic acids is 1. The first-order valence-corrected chi connectivity index (χ1v) is 10.1. The van der Waals surface area contributed by atoms with Gasteiger partial charge in [-0.1, -0.05) is 45.4 Å². The van der Waals surface area contributed by atoms with Crippen LogP contribution in [0.1, 0.15) is 105 Å². The van der Waals surface area contributed by atoms with Crippen molar-refractivity contribution in [3.05, 3.63) is 0 Å². The van der Waals surface area contributed by atoms with Crippen molar-refractivity contribution in [1.82, 2.24) is 0 Å². The highest BCUT2D eigenvalue weighted by molar-refractivity contribution is 5.70. The van der Waals surface area contributed by atoms with Gasteiger partial charge in [-0.25, -0.2) is 0 Å². The molecular weight excluding hydrogens is 300 g/mol. The molecular formula is C21H40O3. The van der Waals surface area contributed by atoms with E-state index in [0.29, 0.717) is 18.4 Å². The Balaban J connectivity index is 2.23. The maximum absolute atomic E-state index is 11.9. The third-order valence-electron chi connectivity index (χ3n) is 4.73. The number of rotatable bonds is 7. The van der Waals surface area contributed by atoms with E-state index in [0.717, 1.165) is 12.8 Å². The van der Waals surface area contributed by atoms with Crippen LogP contribution in [0.15, 0.2) is 0 Å². The van der Waals surface area contributed by atoms with Gasteiger partial charge >= 0.3 is 5.97 Å². The van der Waals surface area contributed by atoms with Gasteiger partial charge in [-0.15, -0.1) is 0 Å². The number of hydrogen-bond donors (Lipinski definition) is 0. The van der Waals surface area contributed by atoms with Crippen LogP contribution in [0.4, 0.5) is 0 Å². The fourth-order valence-corrected chi connectivity index (χ4v) is 3.42. The van der Waals surface area contributed by atoms with Gasteiger partial charge in [-0.05, 0) is 59.3 Å². The van der Waals surface area contributed by atoms with Crippen molar-refractivity contribution in [1.29, 1.82) is 0 Å². The Labute approximate surface area is 149 Å². The van der Waals surface area contributed by atoms with Crippen LogP contribution >= 0.6 is 0 Å². The Kier molecular flexibility index (Phi) is 9.95. The maximum Gasteiger partial charge on any atom is 0.306 e. The van der Waals surface area contributed by atoms with E-state index in [9.17, 15) is 4.79 Å². The molecule has 1 saturated carbocycles. The molecule has 3 heteroatoms. The third kappa shape index (κ3) is 11.1. The van der Waals surface area contributed by atoms with E-state index in [2.05, 4.69) is 13.8 Å². The van der Waals surface area contributed by atoms with Gasteiger partial charge in [0.25, 0.3) is 0 Å². The average molecular weight is 341 g/mol. The zero-order valence-electron chi connectivity index (χ0n) is 16.7. The summed E-state index contributed by atoms with van der Waals surface area (Å²) in [5.74, 6) is 0.270. The predicted octanol–water partition coefficient (Wildman–Crippen LogP) is 6.04. The second kappa shape index (κ2) is 11.1. The van der Waals surface area contributed by atoms with Crippen molar-refractivity contribution in [2.24, 2.45) is 5.92 Å². The van der Waals surface area contributed by atoms with Crippen LogP contribution in [0.25, 0.3) is 0 Å². The largest absolute Gasteiger partial charge is 0.460 e. The first kappa shape index (κ1) is 21.5. The van der Waals surface area contributed by atoms with E-state index >= 15 is 0 Å². The van der Waals surface area contributed by atoms with Crippen molar-refractivity contribution >= 4 is 5.97 Å². The SMILES string of the molecule is CC(CCC(C)OC1CCCCCCCC1)CC(=O)OC(C)(C)C. The van der Waals surface area contributed by atoms with Crippen LogP contribution in [0.2, 0.25) is 0 Å². The molecule has 1 aliphatic carbocycles. The highest BCUT2D eigenvalue weighted by atomic mass is 16.6. The Hall–Kier alpha value is -0.570. The minimum absolute atomic E-state index is 0.0835. The highest BCUT2D eigenvalue weighted by Crippen LogP contribution is 2.22. The molecule has 0 aromatic rings. The molecule has 0 N–H and O–H groups in total. The molecule has 0 aliphatic heterocycles. The molecule has 0 saturated heterocycles. The zero-order valence-corrected chi connectivity index (χ0v) is 16.7. The Morgan fingerprint density at radius 3 is 2.04 bits per heavy atom. The summed E-state index contributed by atoms with van der Waals surface area (Å²) in [6.45, 7) is 10.1. The molecule has 142 valence electrons. The van der Waals surface area contributed by atoms with E-state index < -0.39 is 0 Å². The summed E-state index contributed by atoms with van der Waals surface area (Å²) in [5, 5.41) is 0. The fourth-order valence-electron chi connectivity index (χ4n) is 3.42. The average Bonchev–Trinajstić information content (AvgIpc) is 2.57. The summed E-state index contributed by atoms with van der Waals surface area (Å²) in [7, 11) is 0. The lowest BCUT2D eigenvalue weighted by Crippen LogP contribution is -2.25. The molecule has 2 atom stereocenters. The van der Waals surface area contributed by atoms with Gasteiger partial charge in [0.1, 0.15) is 5.60 Å². The van der Waals surface area contributed by atoms with Crippen molar-refractivity contribution in [2.45, 2.75) is 123 Å². The van der Waals surface area contributed by atoms with Crippen molar-refractivity contribution in [2.75, 3.05) is 0 Å². The summed E-state index contributed by atoms with van der Waals surface area (Å²) < 4.78 is 11.7. The minimum Gasteiger partial charge on any atom is -0.460 e. The second-order valence-electron chi connectivity index (χ2n) is 8.74. The quantitative estimate of drug-likeness (QED) is 0.530. The van der Waals surface area contributed by atoms with Crippen LogP contribution in [0, 0.1) is 5.92 Å². The Morgan fingerprint density at radius 2 is 1.50 bits per heavy atom. The van der Waals surface area contributed by atoms with Gasteiger partial charge in [0.05, 0.1) is 12.2 Å². The van der Waals surface area contributed by atoms with Crippen molar-refractivity contribution in [3.63, 3.8) is 0 Å². The lowest BCUT2D eigenvalue weighted by molar-refractivity contribution is -0.155. The van der Waals surface area contributed by atoms with Crippen molar-refractivity contribution < 1.29 is 14.3 Å². The van der Waals surface area contributed by atoms with E-state index in [4.69, 9.17) is 9.47 Å². The molecule has 0 aromatic carbocycles. The van der Waals surface area contributed by atoms with Crippen LogP contribution in [-0.2, 0) is 14.3 Å². The predicted molar refractivity (Wildman–Crippen MR) is 100 cm³/mol. The monoisotopic (exact) mass is 340 g/mol. The van der Waals surface area contributed by atoms with Crippen LogP contribution in [0.3, 0.4) is 0 Å². The van der Waals surface area contributed by atoms with E-state index in [1.54, 1.807) is 0 Å². The number of ether oxygens (including phenoxy) is 2. The van der Waals surface area contributed by atoms with Gasteiger partial charge in [-0.3, -0.25) is 4.79 Å². The molecule has 0 aromatic heterocycles. The van der Waals surface area contributed by atoms with E-state index in [1.165, 1.54) is 51.4 Å². The Morgan fingerprint density at radius 1 is 0.958 bits per heavy atom. The molecule has 1 rings (SSSR count). The molecule has 1 fully saturated rings. The molecule has 0 heterocycles. The smallest absolute Gasteiger partial charge is 0.306 e. The lowest BCUT2D eigenvalue weighted by Gasteiger charge is -2.24. The van der Waals surface area contributed by atoms with Gasteiger partial charge in [0.2, 0.25) is 0 Å². The van der Waals surface area contributed by atoms with Gasteiger partial charge < -0.3 is 9.47 Å². The zero-order chi connectivity index (χ0) is 18.0. The van der Waals surface area contributed by atoms with Crippen LogP contribution < -0.4 is 0 Å². The summed E-state index contributed by atoms with van der Waals surface area (Å²) >= 11 is 0. The number of hydrogen-bond acceptors (Lipinski definition) is 3. The molecule has 0 spiro atoms. The first-order valence-electron chi connectivity index (χ1n) is 10.1. The normalized spacial score (nSPS) is 20.5. The lowest BCUT2D eigenvalue weighted by atomic mass is 9.99. The summed E-state index contributed by atoms with van der Waals surface area (Å²) in [6.07, 6.45) is 13.9. The van der Waals surface area contributed by atoms with Gasteiger partial charge in [0.15, 0.2) is 0 Å². The molecule has 0 radical (unpaired) electrons. The fraction of sp³-hybridized carbons (Fsp3) is 0.952. The van der Waals surface area contributed by atoms with E-state index in [1.807, 2.05) is 20.8 Å². The summed E-state index contributed by atoms with van der Waals surface area (Å²) in [4.78, 5) is 11.9. The Bertz CT molecular complexity index is 335. The van der Waals surface area contributed by atoms with E-state index in [-0.39, 0.29) is 17.7 Å².